The van der Waals surface area contributed by atoms with Gasteiger partial charge in [-0.3, -0.25) is 4.79 Å². The average Bonchev–Trinajstić information content (AvgIpc) is 2.39. The molecule has 0 heterocycles. The second kappa shape index (κ2) is 6.94. The van der Waals surface area contributed by atoms with E-state index in [1.54, 1.807) is 6.92 Å². The number of carboxylic acids is 1. The molecule has 2 N–H and O–H groups in total. The van der Waals surface area contributed by atoms with E-state index in [1.807, 2.05) is 39.8 Å². The maximum Gasteiger partial charge on any atom is 0.313 e. The Morgan fingerprint density at radius 3 is 2.17 bits per heavy atom. The molecule has 0 aliphatic carbocycles. The lowest BCUT2D eigenvalue weighted by Gasteiger charge is -2.29. The Morgan fingerprint density at radius 1 is 1.17 bits per heavy atom. The summed E-state index contributed by atoms with van der Waals surface area (Å²) in [5.74, 6) is 0.0436. The van der Waals surface area contributed by atoms with Crippen LogP contribution in [-0.2, 0) is 15.6 Å². The molecule has 0 bridgehead atoms. The zero-order valence-electron chi connectivity index (χ0n) is 15.7. The van der Waals surface area contributed by atoms with Crippen LogP contribution in [0.5, 0.6) is 5.75 Å². The van der Waals surface area contributed by atoms with Crippen molar-refractivity contribution >= 4 is 5.97 Å². The summed E-state index contributed by atoms with van der Waals surface area (Å²) in [7, 11) is 0. The number of carboxylic acid groups (broad SMARTS) is 1. The molecule has 1 aromatic carbocycles. The Morgan fingerprint density at radius 2 is 1.74 bits per heavy atom. The van der Waals surface area contributed by atoms with Crippen molar-refractivity contribution in [2.24, 2.45) is 5.92 Å². The minimum absolute atomic E-state index is 0.234. The number of aryl methyl sites for hydroxylation is 1. The van der Waals surface area contributed by atoms with Crippen molar-refractivity contribution in [1.29, 1.82) is 0 Å². The summed E-state index contributed by atoms with van der Waals surface area (Å²) < 4.78 is 0. The van der Waals surface area contributed by atoms with Crippen molar-refractivity contribution in [2.75, 3.05) is 0 Å². The number of hydrogen-bond donors (Lipinski definition) is 2. The topological polar surface area (TPSA) is 57.5 Å². The SMILES string of the molecule is Cc1cc(C(C)(CCCC(C)C)C(=O)O)cc(C(C)(C)C)c1O. The smallest absolute Gasteiger partial charge is 0.313 e. The van der Waals surface area contributed by atoms with E-state index < -0.39 is 11.4 Å². The second-order valence-corrected chi connectivity index (χ2v) is 8.36. The molecule has 0 aromatic heterocycles. The van der Waals surface area contributed by atoms with Gasteiger partial charge in [0, 0.05) is 0 Å². The zero-order valence-corrected chi connectivity index (χ0v) is 15.7. The lowest BCUT2D eigenvalue weighted by Crippen LogP contribution is -2.33. The van der Waals surface area contributed by atoms with Crippen LogP contribution >= 0.6 is 0 Å². The van der Waals surface area contributed by atoms with Crippen molar-refractivity contribution in [3.63, 3.8) is 0 Å². The number of carbonyl (C=O) groups is 1. The van der Waals surface area contributed by atoms with Gasteiger partial charge in [-0.25, -0.2) is 0 Å². The van der Waals surface area contributed by atoms with E-state index >= 15 is 0 Å². The van der Waals surface area contributed by atoms with Crippen LogP contribution in [0.25, 0.3) is 0 Å². The van der Waals surface area contributed by atoms with Crippen LogP contribution in [0.1, 0.15) is 77.5 Å². The van der Waals surface area contributed by atoms with E-state index in [9.17, 15) is 15.0 Å². The molecule has 23 heavy (non-hydrogen) atoms. The van der Waals surface area contributed by atoms with Crippen LogP contribution in [0, 0.1) is 12.8 Å². The van der Waals surface area contributed by atoms with Crippen LogP contribution in [0.15, 0.2) is 12.1 Å². The molecule has 0 aliphatic heterocycles. The summed E-state index contributed by atoms with van der Waals surface area (Å²) in [6, 6.07) is 3.71. The Labute approximate surface area is 140 Å². The molecule has 0 saturated heterocycles. The monoisotopic (exact) mass is 320 g/mol. The first kappa shape index (κ1) is 19.5. The van der Waals surface area contributed by atoms with Gasteiger partial charge in [0.2, 0.25) is 0 Å². The van der Waals surface area contributed by atoms with Gasteiger partial charge in [0.25, 0.3) is 0 Å². The van der Waals surface area contributed by atoms with Gasteiger partial charge in [0.15, 0.2) is 0 Å². The summed E-state index contributed by atoms with van der Waals surface area (Å²) in [6.07, 6.45) is 2.51. The number of aromatic hydroxyl groups is 1. The highest BCUT2D eigenvalue weighted by Gasteiger charge is 2.36. The molecule has 1 rings (SSSR count). The molecule has 1 aromatic rings. The highest BCUT2D eigenvalue weighted by Crippen LogP contribution is 2.39. The maximum absolute atomic E-state index is 12.0. The Kier molecular flexibility index (Phi) is 5.89. The highest BCUT2D eigenvalue weighted by atomic mass is 16.4. The van der Waals surface area contributed by atoms with E-state index in [-0.39, 0.29) is 11.2 Å². The van der Waals surface area contributed by atoms with Gasteiger partial charge >= 0.3 is 5.97 Å². The molecule has 0 aliphatic rings. The quantitative estimate of drug-likeness (QED) is 0.760. The van der Waals surface area contributed by atoms with E-state index in [0.717, 1.165) is 29.5 Å². The minimum Gasteiger partial charge on any atom is -0.507 e. The van der Waals surface area contributed by atoms with Crippen LogP contribution in [0.3, 0.4) is 0 Å². The summed E-state index contributed by atoms with van der Waals surface area (Å²) >= 11 is 0. The predicted molar refractivity (Wildman–Crippen MR) is 95.2 cm³/mol. The summed E-state index contributed by atoms with van der Waals surface area (Å²) in [6.45, 7) is 14.0. The molecule has 0 spiro atoms. The van der Waals surface area contributed by atoms with Crippen molar-refractivity contribution in [1.82, 2.24) is 0 Å². The molecular weight excluding hydrogens is 288 g/mol. The first-order chi connectivity index (χ1) is 10.4. The molecule has 1 unspecified atom stereocenters. The average molecular weight is 320 g/mol. The van der Waals surface area contributed by atoms with Gasteiger partial charge in [-0.2, -0.15) is 0 Å². The Balaban J connectivity index is 3.33. The number of aliphatic carboxylic acids is 1. The standard InChI is InChI=1S/C20H32O3/c1-13(2)9-8-10-20(7,18(22)23)15-11-14(3)17(21)16(12-15)19(4,5)6/h11-13,21H,8-10H2,1-7H3,(H,22,23). The van der Waals surface area contributed by atoms with Gasteiger partial charge in [-0.05, 0) is 48.3 Å². The Bertz CT molecular complexity index is 567. The van der Waals surface area contributed by atoms with E-state index in [0.29, 0.717) is 12.3 Å². The molecule has 0 radical (unpaired) electrons. The lowest BCUT2D eigenvalue weighted by molar-refractivity contribution is -0.143. The minimum atomic E-state index is -0.923. The van der Waals surface area contributed by atoms with Crippen molar-refractivity contribution < 1.29 is 15.0 Å². The largest absolute Gasteiger partial charge is 0.507 e. The van der Waals surface area contributed by atoms with Crippen LogP contribution in [0.4, 0.5) is 0 Å². The normalized spacial score (nSPS) is 14.8. The molecular formula is C20H32O3. The molecule has 0 saturated carbocycles. The van der Waals surface area contributed by atoms with Gasteiger partial charge in [-0.1, -0.05) is 59.6 Å². The van der Waals surface area contributed by atoms with Crippen molar-refractivity contribution in [2.45, 2.75) is 78.6 Å². The highest BCUT2D eigenvalue weighted by molar-refractivity contribution is 5.81. The van der Waals surface area contributed by atoms with Crippen molar-refractivity contribution in [3.8, 4) is 5.75 Å². The number of benzene rings is 1. The fraction of sp³-hybridized carbons (Fsp3) is 0.650. The summed E-state index contributed by atoms with van der Waals surface area (Å²) in [5.41, 5.74) is 1.18. The molecule has 0 fully saturated rings. The van der Waals surface area contributed by atoms with Crippen LogP contribution in [0.2, 0.25) is 0 Å². The third-order valence-electron chi connectivity index (χ3n) is 4.68. The van der Waals surface area contributed by atoms with E-state index in [2.05, 4.69) is 13.8 Å². The number of hydrogen-bond acceptors (Lipinski definition) is 2. The molecule has 1 atom stereocenters. The predicted octanol–water partition coefficient (Wildman–Crippen LogP) is 5.17. The first-order valence-electron chi connectivity index (χ1n) is 8.47. The van der Waals surface area contributed by atoms with Gasteiger partial charge in [0.05, 0.1) is 5.41 Å². The number of rotatable bonds is 6. The van der Waals surface area contributed by atoms with Crippen LogP contribution in [-0.4, -0.2) is 16.2 Å². The summed E-state index contributed by atoms with van der Waals surface area (Å²) in [4.78, 5) is 12.0. The van der Waals surface area contributed by atoms with Gasteiger partial charge < -0.3 is 10.2 Å². The lowest BCUT2D eigenvalue weighted by atomic mass is 9.74. The van der Waals surface area contributed by atoms with E-state index in [4.69, 9.17) is 0 Å². The molecule has 3 heteroatoms. The molecule has 3 nitrogen and oxygen atoms in total. The summed E-state index contributed by atoms with van der Waals surface area (Å²) in [5, 5.41) is 20.2. The maximum atomic E-state index is 12.0. The fourth-order valence-electron chi connectivity index (χ4n) is 2.91. The number of phenols is 1. The Hall–Kier alpha value is -1.51. The fourth-order valence-corrected chi connectivity index (χ4v) is 2.91. The second-order valence-electron chi connectivity index (χ2n) is 8.36. The third kappa shape index (κ3) is 4.49. The first-order valence-corrected chi connectivity index (χ1v) is 8.47. The van der Waals surface area contributed by atoms with Gasteiger partial charge in [-0.15, -0.1) is 0 Å². The molecule has 0 amide bonds. The zero-order chi connectivity index (χ0) is 18.0. The van der Waals surface area contributed by atoms with Gasteiger partial charge in [0.1, 0.15) is 5.75 Å². The van der Waals surface area contributed by atoms with Crippen molar-refractivity contribution in [3.05, 3.63) is 28.8 Å². The number of phenolic OH excluding ortho intramolecular Hbond substituents is 1. The third-order valence-corrected chi connectivity index (χ3v) is 4.68. The van der Waals surface area contributed by atoms with Crippen LogP contribution < -0.4 is 0 Å². The van der Waals surface area contributed by atoms with E-state index in [1.165, 1.54) is 0 Å². The molecule has 130 valence electrons.